The SMILES string of the molecule is COc1ccc(CNC(=O)CCC(=O)c2ccc(C)c(C)c2)cn1. The lowest BCUT2D eigenvalue weighted by atomic mass is 10.0. The number of aryl methyl sites for hydroxylation is 2. The van der Waals surface area contributed by atoms with Crippen molar-refractivity contribution in [1.82, 2.24) is 10.3 Å². The lowest BCUT2D eigenvalue weighted by Gasteiger charge is -2.07. The molecule has 126 valence electrons. The van der Waals surface area contributed by atoms with Gasteiger partial charge in [-0.3, -0.25) is 9.59 Å². The van der Waals surface area contributed by atoms with Crippen LogP contribution in [0.3, 0.4) is 0 Å². The number of nitrogens with zero attached hydrogens (tertiary/aromatic N) is 1. The van der Waals surface area contributed by atoms with Crippen LogP contribution in [0.25, 0.3) is 0 Å². The van der Waals surface area contributed by atoms with E-state index in [2.05, 4.69) is 10.3 Å². The van der Waals surface area contributed by atoms with Gasteiger partial charge in [-0.15, -0.1) is 0 Å². The van der Waals surface area contributed by atoms with Gasteiger partial charge < -0.3 is 10.1 Å². The molecule has 0 atom stereocenters. The molecule has 0 saturated carbocycles. The molecule has 0 bridgehead atoms. The van der Waals surface area contributed by atoms with Crippen LogP contribution in [0.4, 0.5) is 0 Å². The van der Waals surface area contributed by atoms with Crippen LogP contribution in [-0.4, -0.2) is 23.8 Å². The molecule has 1 aromatic carbocycles. The molecule has 0 aliphatic rings. The van der Waals surface area contributed by atoms with E-state index in [0.717, 1.165) is 16.7 Å². The highest BCUT2D eigenvalue weighted by Gasteiger charge is 2.10. The van der Waals surface area contributed by atoms with Gasteiger partial charge in [0.25, 0.3) is 0 Å². The summed E-state index contributed by atoms with van der Waals surface area (Å²) in [6.07, 6.45) is 2.03. The largest absolute Gasteiger partial charge is 0.481 e. The maximum Gasteiger partial charge on any atom is 0.220 e. The number of ketones is 1. The molecule has 0 spiro atoms. The molecule has 0 radical (unpaired) electrons. The minimum Gasteiger partial charge on any atom is -0.481 e. The van der Waals surface area contributed by atoms with Gasteiger partial charge in [0.15, 0.2) is 5.78 Å². The first-order valence-corrected chi connectivity index (χ1v) is 7.85. The standard InChI is InChI=1S/C19H22N2O3/c1-13-4-6-16(10-14(13)2)17(22)7-8-18(23)20-11-15-5-9-19(24-3)21-12-15/h4-6,9-10,12H,7-8,11H2,1-3H3,(H,20,23). The van der Waals surface area contributed by atoms with Crippen molar-refractivity contribution in [3.8, 4) is 5.88 Å². The number of pyridine rings is 1. The molecule has 1 heterocycles. The van der Waals surface area contributed by atoms with Gasteiger partial charge in [0, 0.05) is 37.2 Å². The molecule has 2 rings (SSSR count). The van der Waals surface area contributed by atoms with E-state index >= 15 is 0 Å². The fourth-order valence-corrected chi connectivity index (χ4v) is 2.21. The van der Waals surface area contributed by atoms with Crippen molar-refractivity contribution < 1.29 is 14.3 Å². The molecule has 1 aromatic heterocycles. The fourth-order valence-electron chi connectivity index (χ4n) is 2.21. The van der Waals surface area contributed by atoms with Crippen molar-refractivity contribution in [3.05, 3.63) is 58.8 Å². The number of carbonyl (C=O) groups is 2. The summed E-state index contributed by atoms with van der Waals surface area (Å²) in [4.78, 5) is 28.1. The predicted molar refractivity (Wildman–Crippen MR) is 92.1 cm³/mol. The Kier molecular flexibility index (Phi) is 6.07. The van der Waals surface area contributed by atoms with E-state index in [0.29, 0.717) is 18.0 Å². The molecular formula is C19H22N2O3. The van der Waals surface area contributed by atoms with Gasteiger partial charge in [-0.2, -0.15) is 0 Å². The van der Waals surface area contributed by atoms with Crippen LogP contribution < -0.4 is 10.1 Å². The third-order valence-electron chi connectivity index (χ3n) is 3.90. The molecule has 24 heavy (non-hydrogen) atoms. The van der Waals surface area contributed by atoms with Crippen LogP contribution >= 0.6 is 0 Å². The Morgan fingerprint density at radius 3 is 2.50 bits per heavy atom. The fraction of sp³-hybridized carbons (Fsp3) is 0.316. The van der Waals surface area contributed by atoms with Gasteiger partial charge in [0.2, 0.25) is 11.8 Å². The van der Waals surface area contributed by atoms with Crippen LogP contribution in [-0.2, 0) is 11.3 Å². The van der Waals surface area contributed by atoms with Crippen LogP contribution in [0.2, 0.25) is 0 Å². The monoisotopic (exact) mass is 326 g/mol. The third-order valence-corrected chi connectivity index (χ3v) is 3.90. The Bertz CT molecular complexity index is 724. The van der Waals surface area contributed by atoms with Crippen LogP contribution in [0.15, 0.2) is 36.5 Å². The van der Waals surface area contributed by atoms with Crippen LogP contribution in [0.5, 0.6) is 5.88 Å². The van der Waals surface area contributed by atoms with E-state index in [1.807, 2.05) is 38.1 Å². The number of nitrogens with one attached hydrogen (secondary N) is 1. The Balaban J connectivity index is 1.79. The summed E-state index contributed by atoms with van der Waals surface area (Å²) in [5.41, 5.74) is 3.77. The summed E-state index contributed by atoms with van der Waals surface area (Å²) in [6.45, 7) is 4.36. The van der Waals surface area contributed by atoms with E-state index in [4.69, 9.17) is 4.74 Å². The lowest BCUT2D eigenvalue weighted by Crippen LogP contribution is -2.23. The number of ether oxygens (including phenoxy) is 1. The normalized spacial score (nSPS) is 10.3. The second kappa shape index (κ2) is 8.24. The van der Waals surface area contributed by atoms with E-state index in [-0.39, 0.29) is 24.5 Å². The number of Topliss-reactive ketones (excluding diaryl/α,β-unsaturated/α-hetero) is 1. The number of amides is 1. The molecule has 0 saturated heterocycles. The summed E-state index contributed by atoms with van der Waals surface area (Å²) >= 11 is 0. The summed E-state index contributed by atoms with van der Waals surface area (Å²) in [5, 5.41) is 2.79. The van der Waals surface area contributed by atoms with Gasteiger partial charge in [0.05, 0.1) is 7.11 Å². The van der Waals surface area contributed by atoms with Crippen LogP contribution in [0.1, 0.15) is 39.9 Å². The van der Waals surface area contributed by atoms with Crippen molar-refractivity contribution in [2.24, 2.45) is 0 Å². The van der Waals surface area contributed by atoms with Crippen molar-refractivity contribution in [2.75, 3.05) is 7.11 Å². The smallest absolute Gasteiger partial charge is 0.220 e. The first-order valence-electron chi connectivity index (χ1n) is 7.85. The highest BCUT2D eigenvalue weighted by atomic mass is 16.5. The van der Waals surface area contributed by atoms with Gasteiger partial charge >= 0.3 is 0 Å². The average molecular weight is 326 g/mol. The van der Waals surface area contributed by atoms with Gasteiger partial charge in [0.1, 0.15) is 0 Å². The molecular weight excluding hydrogens is 304 g/mol. The molecule has 0 aliphatic carbocycles. The highest BCUT2D eigenvalue weighted by Crippen LogP contribution is 2.12. The predicted octanol–water partition coefficient (Wildman–Crippen LogP) is 2.99. The zero-order chi connectivity index (χ0) is 17.5. The minimum absolute atomic E-state index is 0.0145. The summed E-state index contributed by atoms with van der Waals surface area (Å²) < 4.78 is 4.98. The van der Waals surface area contributed by atoms with Gasteiger partial charge in [-0.05, 0) is 36.6 Å². The second-order valence-corrected chi connectivity index (χ2v) is 5.71. The number of hydrogen-bond donors (Lipinski definition) is 1. The minimum atomic E-state index is -0.150. The van der Waals surface area contributed by atoms with E-state index in [9.17, 15) is 9.59 Å². The summed E-state index contributed by atoms with van der Waals surface area (Å²) in [5.74, 6) is 0.367. The molecule has 5 heteroatoms. The lowest BCUT2D eigenvalue weighted by molar-refractivity contribution is -0.121. The Morgan fingerprint density at radius 1 is 1.08 bits per heavy atom. The quantitative estimate of drug-likeness (QED) is 0.794. The molecule has 0 aliphatic heterocycles. The average Bonchev–Trinajstić information content (AvgIpc) is 2.60. The molecule has 0 fully saturated rings. The number of methoxy groups -OCH3 is 1. The molecule has 0 unspecified atom stereocenters. The molecule has 1 N–H and O–H groups in total. The van der Waals surface area contributed by atoms with E-state index in [1.165, 1.54) is 0 Å². The number of benzene rings is 1. The molecule has 1 amide bonds. The number of carbonyl (C=O) groups excluding carboxylic acids is 2. The number of hydrogen-bond acceptors (Lipinski definition) is 4. The maximum atomic E-state index is 12.2. The topological polar surface area (TPSA) is 68.3 Å². The van der Waals surface area contributed by atoms with Crippen molar-refractivity contribution in [1.29, 1.82) is 0 Å². The van der Waals surface area contributed by atoms with Crippen molar-refractivity contribution in [2.45, 2.75) is 33.2 Å². The number of aromatic nitrogens is 1. The Hall–Kier alpha value is -2.69. The zero-order valence-corrected chi connectivity index (χ0v) is 14.3. The van der Waals surface area contributed by atoms with E-state index in [1.54, 1.807) is 19.4 Å². The number of rotatable bonds is 7. The molecule has 5 nitrogen and oxygen atoms in total. The molecule has 2 aromatic rings. The van der Waals surface area contributed by atoms with Gasteiger partial charge in [-0.25, -0.2) is 4.98 Å². The first kappa shape index (κ1) is 17.7. The summed E-state index contributed by atoms with van der Waals surface area (Å²) in [7, 11) is 1.55. The summed E-state index contributed by atoms with van der Waals surface area (Å²) in [6, 6.07) is 9.20. The maximum absolute atomic E-state index is 12.2. The van der Waals surface area contributed by atoms with Gasteiger partial charge in [-0.1, -0.05) is 18.2 Å². The van der Waals surface area contributed by atoms with Crippen LogP contribution in [0, 0.1) is 13.8 Å². The zero-order valence-electron chi connectivity index (χ0n) is 14.3. The van der Waals surface area contributed by atoms with Crippen molar-refractivity contribution in [3.63, 3.8) is 0 Å². The second-order valence-electron chi connectivity index (χ2n) is 5.71. The van der Waals surface area contributed by atoms with Crippen molar-refractivity contribution >= 4 is 11.7 Å². The highest BCUT2D eigenvalue weighted by molar-refractivity contribution is 5.98. The van der Waals surface area contributed by atoms with E-state index < -0.39 is 0 Å². The Morgan fingerprint density at radius 2 is 1.88 bits per heavy atom. The third kappa shape index (κ3) is 4.91. The Labute approximate surface area is 142 Å². The first-order chi connectivity index (χ1) is 11.5.